The van der Waals surface area contributed by atoms with Crippen molar-refractivity contribution in [1.82, 2.24) is 0 Å². The van der Waals surface area contributed by atoms with Gasteiger partial charge in [-0.15, -0.1) is 0 Å². The van der Waals surface area contributed by atoms with E-state index in [0.717, 1.165) is 24.3 Å². The van der Waals surface area contributed by atoms with Crippen LogP contribution >= 0.6 is 11.6 Å². The number of nitrogens with two attached hydrogens (primary N) is 1. The van der Waals surface area contributed by atoms with Crippen molar-refractivity contribution in [1.29, 1.82) is 0 Å². The fourth-order valence-electron chi connectivity index (χ4n) is 1.28. The van der Waals surface area contributed by atoms with Crippen LogP contribution in [0.1, 0.15) is 5.56 Å². The molecule has 1 aliphatic rings. The zero-order valence-electron chi connectivity index (χ0n) is 5.93. The first-order valence-electron chi connectivity index (χ1n) is 3.48. The summed E-state index contributed by atoms with van der Waals surface area (Å²) in [5.74, 6) is 0.806. The number of rotatable bonds is 0. The van der Waals surface area contributed by atoms with Crippen LogP contribution in [0.3, 0.4) is 0 Å². The number of hydrogen-bond acceptors (Lipinski definition) is 2. The van der Waals surface area contributed by atoms with E-state index < -0.39 is 0 Å². The Hall–Kier alpha value is -0.890. The molecule has 0 radical (unpaired) electrons. The third-order valence-electron chi connectivity index (χ3n) is 1.76. The maximum absolute atomic E-state index is 5.87. The Kier molecular flexibility index (Phi) is 1.43. The van der Waals surface area contributed by atoms with Gasteiger partial charge in [-0.25, -0.2) is 0 Å². The quantitative estimate of drug-likeness (QED) is 0.602. The molecule has 2 N–H and O–H groups in total. The normalized spacial score (nSPS) is 14.3. The zero-order valence-corrected chi connectivity index (χ0v) is 6.69. The maximum Gasteiger partial charge on any atom is 0.141 e. The number of benzene rings is 1. The van der Waals surface area contributed by atoms with E-state index >= 15 is 0 Å². The van der Waals surface area contributed by atoms with Crippen molar-refractivity contribution in [3.05, 3.63) is 22.7 Å². The van der Waals surface area contributed by atoms with E-state index in [1.165, 1.54) is 0 Å². The van der Waals surface area contributed by atoms with E-state index in [0.29, 0.717) is 10.7 Å². The largest absolute Gasteiger partial charge is 0.491 e. The standard InChI is InChI=1S/C8H8ClNO/c9-7-4-6(10)3-5-1-2-11-8(5)7/h3-4H,1-2,10H2. The average Bonchev–Trinajstić information content (AvgIpc) is 2.34. The predicted octanol–water partition coefficient (Wildman–Crippen LogP) is 1.86. The summed E-state index contributed by atoms with van der Waals surface area (Å²) >= 11 is 5.87. The fourth-order valence-corrected chi connectivity index (χ4v) is 1.59. The van der Waals surface area contributed by atoms with Gasteiger partial charge in [0.05, 0.1) is 11.6 Å². The van der Waals surface area contributed by atoms with E-state index in [-0.39, 0.29) is 0 Å². The molecule has 2 rings (SSSR count). The highest BCUT2D eigenvalue weighted by molar-refractivity contribution is 6.32. The second kappa shape index (κ2) is 2.31. The van der Waals surface area contributed by atoms with Gasteiger partial charge < -0.3 is 10.5 Å². The maximum atomic E-state index is 5.87. The van der Waals surface area contributed by atoms with Crippen molar-refractivity contribution in [2.45, 2.75) is 6.42 Å². The van der Waals surface area contributed by atoms with Crippen LogP contribution in [-0.4, -0.2) is 6.61 Å². The Morgan fingerprint density at radius 3 is 3.09 bits per heavy atom. The molecule has 0 spiro atoms. The molecule has 0 amide bonds. The molecule has 0 fully saturated rings. The van der Waals surface area contributed by atoms with Crippen LogP contribution in [0.25, 0.3) is 0 Å². The van der Waals surface area contributed by atoms with E-state index in [9.17, 15) is 0 Å². The van der Waals surface area contributed by atoms with Crippen molar-refractivity contribution >= 4 is 17.3 Å². The van der Waals surface area contributed by atoms with Crippen molar-refractivity contribution in [3.8, 4) is 5.75 Å². The molecule has 0 saturated carbocycles. The summed E-state index contributed by atoms with van der Waals surface area (Å²) in [6.45, 7) is 0.721. The molecule has 0 bridgehead atoms. The highest BCUT2D eigenvalue weighted by atomic mass is 35.5. The zero-order chi connectivity index (χ0) is 7.84. The third-order valence-corrected chi connectivity index (χ3v) is 2.04. The van der Waals surface area contributed by atoms with Crippen LogP contribution in [0, 0.1) is 0 Å². The van der Waals surface area contributed by atoms with Gasteiger partial charge in [0, 0.05) is 17.7 Å². The van der Waals surface area contributed by atoms with Crippen LogP contribution < -0.4 is 10.5 Å². The summed E-state index contributed by atoms with van der Waals surface area (Å²) in [6.07, 6.45) is 0.917. The van der Waals surface area contributed by atoms with Gasteiger partial charge in [0.15, 0.2) is 0 Å². The van der Waals surface area contributed by atoms with E-state index in [2.05, 4.69) is 0 Å². The molecule has 0 aliphatic carbocycles. The molecular weight excluding hydrogens is 162 g/mol. The number of halogens is 1. The van der Waals surface area contributed by atoms with Gasteiger partial charge >= 0.3 is 0 Å². The molecule has 0 saturated heterocycles. The van der Waals surface area contributed by atoms with Crippen molar-refractivity contribution in [2.24, 2.45) is 0 Å². The summed E-state index contributed by atoms with van der Waals surface area (Å²) in [6, 6.07) is 3.62. The minimum Gasteiger partial charge on any atom is -0.491 e. The molecule has 11 heavy (non-hydrogen) atoms. The first kappa shape index (κ1) is 6.80. The Bertz CT molecular complexity index is 298. The molecular formula is C8H8ClNO. The average molecular weight is 170 g/mol. The van der Waals surface area contributed by atoms with Gasteiger partial charge in [-0.1, -0.05) is 11.6 Å². The lowest BCUT2D eigenvalue weighted by molar-refractivity contribution is 0.357. The van der Waals surface area contributed by atoms with Crippen LogP contribution in [0.2, 0.25) is 5.02 Å². The number of anilines is 1. The van der Waals surface area contributed by atoms with E-state index in [1.807, 2.05) is 6.07 Å². The Labute approximate surface area is 69.9 Å². The van der Waals surface area contributed by atoms with Gasteiger partial charge in [-0.2, -0.15) is 0 Å². The summed E-state index contributed by atoms with van der Waals surface area (Å²) in [7, 11) is 0. The van der Waals surface area contributed by atoms with Crippen molar-refractivity contribution < 1.29 is 4.74 Å². The van der Waals surface area contributed by atoms with Crippen molar-refractivity contribution in [3.63, 3.8) is 0 Å². The topological polar surface area (TPSA) is 35.2 Å². The number of hydrogen-bond donors (Lipinski definition) is 1. The van der Waals surface area contributed by atoms with Gasteiger partial charge in [0.2, 0.25) is 0 Å². The van der Waals surface area contributed by atoms with Gasteiger partial charge in [0.25, 0.3) is 0 Å². The lowest BCUT2D eigenvalue weighted by Crippen LogP contribution is -1.87. The Morgan fingerprint density at radius 2 is 2.27 bits per heavy atom. The van der Waals surface area contributed by atoms with Crippen LogP contribution in [0.4, 0.5) is 5.69 Å². The summed E-state index contributed by atoms with van der Waals surface area (Å²) in [5.41, 5.74) is 7.42. The molecule has 0 aromatic heterocycles. The predicted molar refractivity (Wildman–Crippen MR) is 45.1 cm³/mol. The molecule has 3 heteroatoms. The molecule has 0 atom stereocenters. The molecule has 1 aromatic carbocycles. The van der Waals surface area contributed by atoms with Gasteiger partial charge in [-0.05, 0) is 12.1 Å². The fraction of sp³-hybridized carbons (Fsp3) is 0.250. The van der Waals surface area contributed by atoms with E-state index in [4.69, 9.17) is 22.1 Å². The Morgan fingerprint density at radius 1 is 1.45 bits per heavy atom. The van der Waals surface area contributed by atoms with Crippen molar-refractivity contribution in [2.75, 3.05) is 12.3 Å². The lowest BCUT2D eigenvalue weighted by atomic mass is 10.1. The van der Waals surface area contributed by atoms with Gasteiger partial charge in [-0.3, -0.25) is 0 Å². The number of ether oxygens (including phenoxy) is 1. The number of fused-ring (bicyclic) bond motifs is 1. The monoisotopic (exact) mass is 169 g/mol. The minimum absolute atomic E-state index is 0.623. The number of nitrogen functional groups attached to an aromatic ring is 1. The molecule has 2 nitrogen and oxygen atoms in total. The highest BCUT2D eigenvalue weighted by Gasteiger charge is 2.15. The van der Waals surface area contributed by atoms with Crippen LogP contribution in [-0.2, 0) is 6.42 Å². The molecule has 1 heterocycles. The SMILES string of the molecule is Nc1cc(Cl)c2c(c1)CCO2. The van der Waals surface area contributed by atoms with Crippen LogP contribution in [0.15, 0.2) is 12.1 Å². The summed E-state index contributed by atoms with van der Waals surface area (Å²) in [4.78, 5) is 0. The van der Waals surface area contributed by atoms with Gasteiger partial charge in [0.1, 0.15) is 5.75 Å². The second-order valence-corrected chi connectivity index (χ2v) is 3.00. The smallest absolute Gasteiger partial charge is 0.141 e. The molecule has 1 aromatic rings. The Balaban J connectivity index is 2.60. The molecule has 1 aliphatic heterocycles. The van der Waals surface area contributed by atoms with E-state index in [1.54, 1.807) is 6.07 Å². The molecule has 58 valence electrons. The first-order valence-corrected chi connectivity index (χ1v) is 3.86. The third kappa shape index (κ3) is 1.03. The second-order valence-electron chi connectivity index (χ2n) is 2.59. The first-order chi connectivity index (χ1) is 5.27. The summed E-state index contributed by atoms with van der Waals surface area (Å²) in [5, 5.41) is 0.623. The lowest BCUT2D eigenvalue weighted by Gasteiger charge is -2.02. The summed E-state index contributed by atoms with van der Waals surface area (Å²) < 4.78 is 5.30. The van der Waals surface area contributed by atoms with Crippen LogP contribution in [0.5, 0.6) is 5.75 Å². The molecule has 0 unspecified atom stereocenters. The minimum atomic E-state index is 0.623. The highest BCUT2D eigenvalue weighted by Crippen LogP contribution is 2.35.